The number of carboxylic acids is 1. The highest BCUT2D eigenvalue weighted by molar-refractivity contribution is 6.35. The smallest absolute Gasteiger partial charge is 0.335 e. The molecule has 106 valence electrons. The molecule has 7 heteroatoms. The van der Waals surface area contributed by atoms with Crippen LogP contribution in [0.5, 0.6) is 0 Å². The van der Waals surface area contributed by atoms with Gasteiger partial charge in [0.15, 0.2) is 0 Å². The summed E-state index contributed by atoms with van der Waals surface area (Å²) in [4.78, 5) is 11.1. The van der Waals surface area contributed by atoms with Crippen LogP contribution in [0.25, 0.3) is 16.7 Å². The van der Waals surface area contributed by atoms with E-state index < -0.39 is 5.97 Å². The number of aryl methyl sites for hydroxylation is 1. The standard InChI is InChI=1S/C14H9Cl2N3O2/c1-7-4-10(16)12(6-9(7)15)19-13-5-8(14(20)21)2-3-11(13)17-18-19/h2-6H,1H3,(H,20,21). The van der Waals surface area contributed by atoms with Gasteiger partial charge in [-0.3, -0.25) is 0 Å². The molecule has 1 aromatic heterocycles. The van der Waals surface area contributed by atoms with Crippen LogP contribution in [-0.4, -0.2) is 26.1 Å². The molecule has 0 saturated carbocycles. The maximum Gasteiger partial charge on any atom is 0.335 e. The van der Waals surface area contributed by atoms with Crippen LogP contribution in [0, 0.1) is 6.92 Å². The molecule has 2 aromatic carbocycles. The number of hydrogen-bond donors (Lipinski definition) is 1. The summed E-state index contributed by atoms with van der Waals surface area (Å²) >= 11 is 12.4. The van der Waals surface area contributed by atoms with Crippen LogP contribution in [0.1, 0.15) is 15.9 Å². The van der Waals surface area contributed by atoms with Gasteiger partial charge in [-0.05, 0) is 42.8 Å². The highest BCUT2D eigenvalue weighted by Crippen LogP contribution is 2.29. The number of carboxylic acid groups (broad SMARTS) is 1. The van der Waals surface area contributed by atoms with Crippen molar-refractivity contribution in [3.05, 3.63) is 51.5 Å². The monoisotopic (exact) mass is 321 g/mol. The minimum Gasteiger partial charge on any atom is -0.478 e. The molecule has 1 N–H and O–H groups in total. The number of fused-ring (bicyclic) bond motifs is 1. The second kappa shape index (κ2) is 5.02. The first-order valence-electron chi connectivity index (χ1n) is 6.02. The highest BCUT2D eigenvalue weighted by Gasteiger charge is 2.14. The minimum absolute atomic E-state index is 0.153. The third-order valence-corrected chi connectivity index (χ3v) is 3.86. The predicted octanol–water partition coefficient (Wildman–Crippen LogP) is 3.73. The summed E-state index contributed by atoms with van der Waals surface area (Å²) in [7, 11) is 0. The third kappa shape index (κ3) is 2.34. The van der Waals surface area contributed by atoms with Crippen LogP contribution >= 0.6 is 23.2 Å². The molecule has 0 aliphatic heterocycles. The van der Waals surface area contributed by atoms with Crippen molar-refractivity contribution in [2.45, 2.75) is 6.92 Å². The summed E-state index contributed by atoms with van der Waals surface area (Å²) in [5.41, 5.74) is 2.68. The first kappa shape index (κ1) is 13.9. The Morgan fingerprint density at radius 3 is 2.67 bits per heavy atom. The zero-order valence-corrected chi connectivity index (χ0v) is 12.4. The largest absolute Gasteiger partial charge is 0.478 e. The van der Waals surface area contributed by atoms with Gasteiger partial charge in [-0.25, -0.2) is 9.48 Å². The molecule has 0 aliphatic rings. The van der Waals surface area contributed by atoms with E-state index in [1.165, 1.54) is 16.8 Å². The van der Waals surface area contributed by atoms with Crippen molar-refractivity contribution in [1.82, 2.24) is 15.0 Å². The molecule has 0 aliphatic carbocycles. The number of aromatic carboxylic acids is 1. The maximum atomic E-state index is 11.1. The van der Waals surface area contributed by atoms with Gasteiger partial charge in [-0.15, -0.1) is 5.10 Å². The van der Waals surface area contributed by atoms with Gasteiger partial charge in [0, 0.05) is 5.02 Å². The summed E-state index contributed by atoms with van der Waals surface area (Å²) in [5, 5.41) is 18.1. The number of rotatable bonds is 2. The molecular weight excluding hydrogens is 313 g/mol. The molecule has 0 bridgehead atoms. The van der Waals surface area contributed by atoms with Crippen molar-refractivity contribution in [1.29, 1.82) is 0 Å². The molecule has 0 amide bonds. The fraction of sp³-hybridized carbons (Fsp3) is 0.0714. The molecular formula is C14H9Cl2N3O2. The highest BCUT2D eigenvalue weighted by atomic mass is 35.5. The van der Waals surface area contributed by atoms with Crippen LogP contribution in [0.4, 0.5) is 0 Å². The lowest BCUT2D eigenvalue weighted by Crippen LogP contribution is -2.00. The molecule has 21 heavy (non-hydrogen) atoms. The second-order valence-electron chi connectivity index (χ2n) is 4.56. The predicted molar refractivity (Wildman–Crippen MR) is 80.6 cm³/mol. The molecule has 0 fully saturated rings. The first-order chi connectivity index (χ1) is 9.97. The van der Waals surface area contributed by atoms with E-state index in [2.05, 4.69) is 10.3 Å². The van der Waals surface area contributed by atoms with Gasteiger partial charge >= 0.3 is 5.97 Å². The Bertz CT molecular complexity index is 874. The lowest BCUT2D eigenvalue weighted by atomic mass is 10.2. The van der Waals surface area contributed by atoms with Crippen LogP contribution in [-0.2, 0) is 0 Å². The summed E-state index contributed by atoms with van der Waals surface area (Å²) < 4.78 is 1.48. The van der Waals surface area contributed by atoms with Gasteiger partial charge in [-0.1, -0.05) is 28.4 Å². The molecule has 0 atom stereocenters. The molecule has 0 saturated heterocycles. The van der Waals surface area contributed by atoms with Crippen molar-refractivity contribution in [3.63, 3.8) is 0 Å². The van der Waals surface area contributed by atoms with Gasteiger partial charge in [0.2, 0.25) is 0 Å². The number of benzene rings is 2. The van der Waals surface area contributed by atoms with Crippen molar-refractivity contribution in [2.24, 2.45) is 0 Å². The van der Waals surface area contributed by atoms with Gasteiger partial charge in [0.1, 0.15) is 5.52 Å². The number of carbonyl (C=O) groups is 1. The quantitative estimate of drug-likeness (QED) is 0.780. The molecule has 5 nitrogen and oxygen atoms in total. The second-order valence-corrected chi connectivity index (χ2v) is 5.38. The van der Waals surface area contributed by atoms with Gasteiger partial charge in [0.25, 0.3) is 0 Å². The summed E-state index contributed by atoms with van der Waals surface area (Å²) in [6, 6.07) is 8.00. The Hall–Kier alpha value is -2.11. The van der Waals surface area contributed by atoms with Crippen molar-refractivity contribution in [3.8, 4) is 5.69 Å². The molecule has 0 unspecified atom stereocenters. The minimum atomic E-state index is -1.02. The Labute approximate surface area is 129 Å². The Morgan fingerprint density at radius 2 is 1.95 bits per heavy atom. The third-order valence-electron chi connectivity index (χ3n) is 3.15. The zero-order valence-electron chi connectivity index (χ0n) is 10.8. The SMILES string of the molecule is Cc1cc(Cl)c(-n2nnc3ccc(C(=O)O)cc32)cc1Cl. The van der Waals surface area contributed by atoms with E-state index in [4.69, 9.17) is 28.3 Å². The van der Waals surface area contributed by atoms with E-state index in [9.17, 15) is 4.79 Å². The van der Waals surface area contributed by atoms with Gasteiger partial charge in [-0.2, -0.15) is 0 Å². The molecule has 3 rings (SSSR count). The lowest BCUT2D eigenvalue weighted by Gasteiger charge is -2.08. The van der Waals surface area contributed by atoms with E-state index in [1.807, 2.05) is 6.92 Å². The van der Waals surface area contributed by atoms with Crippen molar-refractivity contribution < 1.29 is 9.90 Å². The van der Waals surface area contributed by atoms with Gasteiger partial charge < -0.3 is 5.11 Å². The van der Waals surface area contributed by atoms with E-state index in [1.54, 1.807) is 18.2 Å². The number of hydrogen-bond acceptors (Lipinski definition) is 3. The number of halogens is 2. The Morgan fingerprint density at radius 1 is 1.19 bits per heavy atom. The summed E-state index contributed by atoms with van der Waals surface area (Å²) in [6.45, 7) is 1.85. The van der Waals surface area contributed by atoms with Crippen molar-refractivity contribution >= 4 is 40.2 Å². The normalized spacial score (nSPS) is 11.0. The van der Waals surface area contributed by atoms with Crippen LogP contribution in [0.15, 0.2) is 30.3 Å². The fourth-order valence-corrected chi connectivity index (χ4v) is 2.48. The lowest BCUT2D eigenvalue weighted by molar-refractivity contribution is 0.0697. The molecule has 3 aromatic rings. The summed E-state index contributed by atoms with van der Waals surface area (Å²) in [5.74, 6) is -1.02. The van der Waals surface area contributed by atoms with Crippen LogP contribution in [0.2, 0.25) is 10.0 Å². The molecule has 0 spiro atoms. The van der Waals surface area contributed by atoms with Crippen molar-refractivity contribution in [2.75, 3.05) is 0 Å². The number of nitrogens with zero attached hydrogens (tertiary/aromatic N) is 3. The van der Waals surface area contributed by atoms with E-state index >= 15 is 0 Å². The zero-order chi connectivity index (χ0) is 15.1. The first-order valence-corrected chi connectivity index (χ1v) is 6.78. The average Bonchev–Trinajstić information content (AvgIpc) is 2.85. The van der Waals surface area contributed by atoms with Crippen LogP contribution in [0.3, 0.4) is 0 Å². The molecule has 0 radical (unpaired) electrons. The topological polar surface area (TPSA) is 68.0 Å². The fourth-order valence-electron chi connectivity index (χ4n) is 2.03. The molecule has 1 heterocycles. The Kier molecular flexibility index (Phi) is 3.31. The van der Waals surface area contributed by atoms with E-state index in [0.717, 1.165) is 5.56 Å². The Balaban J connectivity index is 2.27. The van der Waals surface area contributed by atoms with Gasteiger partial charge in [0.05, 0.1) is 21.8 Å². The van der Waals surface area contributed by atoms with Crippen LogP contribution < -0.4 is 0 Å². The summed E-state index contributed by atoms with van der Waals surface area (Å²) in [6.07, 6.45) is 0. The maximum absolute atomic E-state index is 11.1. The van der Waals surface area contributed by atoms with E-state index in [-0.39, 0.29) is 5.56 Å². The average molecular weight is 322 g/mol. The number of aromatic nitrogens is 3. The van der Waals surface area contributed by atoms with E-state index in [0.29, 0.717) is 26.8 Å².